The number of nitrogens with zero attached hydrogens (tertiary/aromatic N) is 1. The summed E-state index contributed by atoms with van der Waals surface area (Å²) in [7, 11) is 1.59. The number of methoxy groups -OCH3 is 1. The van der Waals surface area contributed by atoms with E-state index >= 15 is 0 Å². The fraction of sp³-hybridized carbons (Fsp3) is 0.400. The predicted molar refractivity (Wildman–Crippen MR) is 103 cm³/mol. The van der Waals surface area contributed by atoms with Crippen LogP contribution in [0.15, 0.2) is 42.6 Å². The van der Waals surface area contributed by atoms with Gasteiger partial charge in [0.25, 0.3) is 5.91 Å². The van der Waals surface area contributed by atoms with Crippen LogP contribution in [0.4, 0.5) is 0 Å². The van der Waals surface area contributed by atoms with Gasteiger partial charge in [-0.3, -0.25) is 4.79 Å². The van der Waals surface area contributed by atoms with E-state index in [0.717, 1.165) is 25.7 Å². The van der Waals surface area contributed by atoms with Gasteiger partial charge in [0.1, 0.15) is 17.6 Å². The SMILES string of the molecule is COc1cccc(OCC(=O)NC2CCC(Oc3ccc(Cl)cn3)CC2)c1. The Kier molecular flexibility index (Phi) is 6.76. The Balaban J connectivity index is 1.38. The average molecular weight is 391 g/mol. The van der Waals surface area contributed by atoms with Crippen LogP contribution < -0.4 is 19.5 Å². The normalized spacial score (nSPS) is 19.2. The molecule has 1 aliphatic carbocycles. The number of carbonyl (C=O) groups is 1. The van der Waals surface area contributed by atoms with Crippen LogP contribution in [0.5, 0.6) is 17.4 Å². The van der Waals surface area contributed by atoms with Crippen molar-refractivity contribution in [2.75, 3.05) is 13.7 Å². The molecule has 0 saturated heterocycles. The van der Waals surface area contributed by atoms with Crippen LogP contribution in [-0.4, -0.2) is 36.8 Å². The summed E-state index contributed by atoms with van der Waals surface area (Å²) >= 11 is 5.83. The van der Waals surface area contributed by atoms with Gasteiger partial charge in [-0.1, -0.05) is 17.7 Å². The zero-order valence-corrected chi connectivity index (χ0v) is 15.9. The molecule has 1 aliphatic rings. The molecular formula is C20H23ClN2O4. The van der Waals surface area contributed by atoms with E-state index in [4.69, 9.17) is 25.8 Å². The second-order valence-corrected chi connectivity index (χ2v) is 6.88. The van der Waals surface area contributed by atoms with Crippen LogP contribution in [-0.2, 0) is 4.79 Å². The highest BCUT2D eigenvalue weighted by molar-refractivity contribution is 6.30. The van der Waals surface area contributed by atoms with E-state index < -0.39 is 0 Å². The van der Waals surface area contributed by atoms with Crippen LogP contribution in [0.25, 0.3) is 0 Å². The zero-order chi connectivity index (χ0) is 19.1. The highest BCUT2D eigenvalue weighted by Crippen LogP contribution is 2.23. The Hall–Kier alpha value is -2.47. The van der Waals surface area contributed by atoms with Gasteiger partial charge in [0, 0.05) is 24.4 Å². The Morgan fingerprint density at radius 2 is 1.96 bits per heavy atom. The number of amides is 1. The number of ether oxygens (including phenoxy) is 3. The number of rotatable bonds is 7. The van der Waals surface area contributed by atoms with E-state index in [2.05, 4.69) is 10.3 Å². The number of halogens is 1. The molecule has 0 atom stereocenters. The van der Waals surface area contributed by atoms with Crippen molar-refractivity contribution in [3.05, 3.63) is 47.6 Å². The molecule has 27 heavy (non-hydrogen) atoms. The van der Waals surface area contributed by atoms with Crippen LogP contribution in [0.3, 0.4) is 0 Å². The number of pyridine rings is 1. The highest BCUT2D eigenvalue weighted by atomic mass is 35.5. The largest absolute Gasteiger partial charge is 0.497 e. The third-order valence-electron chi connectivity index (χ3n) is 4.44. The lowest BCUT2D eigenvalue weighted by molar-refractivity contribution is -0.124. The van der Waals surface area contributed by atoms with Crippen molar-refractivity contribution < 1.29 is 19.0 Å². The summed E-state index contributed by atoms with van der Waals surface area (Å²) < 4.78 is 16.5. The van der Waals surface area contributed by atoms with Crippen molar-refractivity contribution in [2.24, 2.45) is 0 Å². The molecule has 0 unspecified atom stereocenters. The second-order valence-electron chi connectivity index (χ2n) is 6.44. The lowest BCUT2D eigenvalue weighted by atomic mass is 9.93. The quantitative estimate of drug-likeness (QED) is 0.781. The maximum atomic E-state index is 12.1. The number of hydrogen-bond acceptors (Lipinski definition) is 5. The first kappa shape index (κ1) is 19.3. The molecule has 0 spiro atoms. The molecular weight excluding hydrogens is 368 g/mol. The Labute approximate surface area is 163 Å². The molecule has 1 fully saturated rings. The maximum Gasteiger partial charge on any atom is 0.258 e. The average Bonchev–Trinajstić information content (AvgIpc) is 2.70. The predicted octanol–water partition coefficient (Wildman–Crippen LogP) is 3.63. The monoisotopic (exact) mass is 390 g/mol. The van der Waals surface area contributed by atoms with Gasteiger partial charge in [-0.05, 0) is 43.9 Å². The first-order valence-electron chi connectivity index (χ1n) is 8.97. The summed E-state index contributed by atoms with van der Waals surface area (Å²) in [6.07, 6.45) is 5.15. The third-order valence-corrected chi connectivity index (χ3v) is 4.66. The number of carbonyl (C=O) groups excluding carboxylic acids is 1. The van der Waals surface area contributed by atoms with E-state index in [1.54, 1.807) is 37.6 Å². The highest BCUT2D eigenvalue weighted by Gasteiger charge is 2.24. The van der Waals surface area contributed by atoms with Crippen molar-refractivity contribution in [3.63, 3.8) is 0 Å². The molecule has 0 bridgehead atoms. The van der Waals surface area contributed by atoms with Gasteiger partial charge in [0.2, 0.25) is 5.88 Å². The first-order chi connectivity index (χ1) is 13.1. The van der Waals surface area contributed by atoms with Crippen molar-refractivity contribution in [1.82, 2.24) is 10.3 Å². The summed E-state index contributed by atoms with van der Waals surface area (Å²) in [5.41, 5.74) is 0. The van der Waals surface area contributed by atoms with E-state index in [1.165, 1.54) is 0 Å². The molecule has 2 aromatic rings. The minimum Gasteiger partial charge on any atom is -0.497 e. The Morgan fingerprint density at radius 3 is 2.67 bits per heavy atom. The third kappa shape index (κ3) is 6.03. The lowest BCUT2D eigenvalue weighted by Crippen LogP contribution is -2.41. The van der Waals surface area contributed by atoms with Gasteiger partial charge in [0.15, 0.2) is 6.61 Å². The van der Waals surface area contributed by atoms with Crippen LogP contribution in [0.1, 0.15) is 25.7 Å². The van der Waals surface area contributed by atoms with Crippen LogP contribution in [0.2, 0.25) is 5.02 Å². The minimum absolute atomic E-state index is 0.0156. The minimum atomic E-state index is -0.124. The molecule has 1 N–H and O–H groups in total. The summed E-state index contributed by atoms with van der Waals surface area (Å²) in [5.74, 6) is 1.76. The number of nitrogens with one attached hydrogen (secondary N) is 1. The van der Waals surface area contributed by atoms with Gasteiger partial charge in [0.05, 0.1) is 12.1 Å². The van der Waals surface area contributed by atoms with Gasteiger partial charge >= 0.3 is 0 Å². The van der Waals surface area contributed by atoms with E-state index in [0.29, 0.717) is 22.4 Å². The van der Waals surface area contributed by atoms with Gasteiger partial charge in [-0.25, -0.2) is 4.98 Å². The lowest BCUT2D eigenvalue weighted by Gasteiger charge is -2.29. The number of benzene rings is 1. The summed E-state index contributed by atoms with van der Waals surface area (Å²) in [4.78, 5) is 16.3. The Bertz CT molecular complexity index is 746. The molecule has 1 aromatic heterocycles. The second kappa shape index (κ2) is 9.46. The molecule has 1 aromatic carbocycles. The van der Waals surface area contributed by atoms with E-state index in [9.17, 15) is 4.79 Å². The molecule has 0 aliphatic heterocycles. The van der Waals surface area contributed by atoms with Crippen molar-refractivity contribution in [1.29, 1.82) is 0 Å². The van der Waals surface area contributed by atoms with Gasteiger partial charge in [-0.2, -0.15) is 0 Å². The van der Waals surface area contributed by atoms with Crippen molar-refractivity contribution in [2.45, 2.75) is 37.8 Å². The maximum absolute atomic E-state index is 12.1. The molecule has 7 heteroatoms. The molecule has 1 heterocycles. The smallest absolute Gasteiger partial charge is 0.258 e. The molecule has 1 amide bonds. The van der Waals surface area contributed by atoms with Gasteiger partial charge in [-0.15, -0.1) is 0 Å². The van der Waals surface area contributed by atoms with E-state index in [-0.39, 0.29) is 24.7 Å². The zero-order valence-electron chi connectivity index (χ0n) is 15.2. The molecule has 1 saturated carbocycles. The molecule has 6 nitrogen and oxygen atoms in total. The molecule has 144 valence electrons. The summed E-state index contributed by atoms with van der Waals surface area (Å²) in [6, 6.07) is 10.9. The fourth-order valence-electron chi connectivity index (χ4n) is 3.04. The standard InChI is InChI=1S/C20H23ClN2O4/c1-25-17-3-2-4-18(11-17)26-13-19(24)23-15-6-8-16(9-7-15)27-20-10-5-14(21)12-22-20/h2-5,10-12,15-16H,6-9,13H2,1H3,(H,23,24). The van der Waals surface area contributed by atoms with Crippen LogP contribution in [0, 0.1) is 0 Å². The fourth-order valence-corrected chi connectivity index (χ4v) is 3.15. The van der Waals surface area contributed by atoms with Crippen molar-refractivity contribution in [3.8, 4) is 17.4 Å². The topological polar surface area (TPSA) is 69.7 Å². The van der Waals surface area contributed by atoms with Gasteiger partial charge < -0.3 is 19.5 Å². The molecule has 0 radical (unpaired) electrons. The first-order valence-corrected chi connectivity index (χ1v) is 9.34. The van der Waals surface area contributed by atoms with Crippen molar-refractivity contribution >= 4 is 17.5 Å². The summed E-state index contributed by atoms with van der Waals surface area (Å²) in [6.45, 7) is -0.0156. The van der Waals surface area contributed by atoms with E-state index in [1.807, 2.05) is 12.1 Å². The number of aromatic nitrogens is 1. The molecule has 3 rings (SSSR count). The summed E-state index contributed by atoms with van der Waals surface area (Å²) in [5, 5.41) is 3.61. The Morgan fingerprint density at radius 1 is 1.19 bits per heavy atom. The number of hydrogen-bond donors (Lipinski definition) is 1. The van der Waals surface area contributed by atoms with Crippen LogP contribution >= 0.6 is 11.6 Å².